The zero-order valence-electron chi connectivity index (χ0n) is 26.4. The van der Waals surface area contributed by atoms with E-state index in [0.717, 1.165) is 15.4 Å². The molecule has 0 aromatic heterocycles. The number of benzene rings is 4. The zero-order valence-corrected chi connectivity index (χ0v) is 28.7. The lowest BCUT2D eigenvalue weighted by atomic mass is 10.0. The van der Waals surface area contributed by atoms with E-state index < -0.39 is 28.5 Å². The Kier molecular flexibility index (Phi) is 11.9. The molecule has 0 aliphatic rings. The van der Waals surface area contributed by atoms with Crippen molar-refractivity contribution >= 4 is 50.7 Å². The molecular weight excluding hydrogens is 641 g/mol. The number of nitrogens with zero attached hydrogens (tertiary/aromatic N) is 2. The van der Waals surface area contributed by atoms with E-state index >= 15 is 0 Å². The molecule has 0 bridgehead atoms. The smallest absolute Gasteiger partial charge is 0.264 e. The van der Waals surface area contributed by atoms with Crippen LogP contribution < -0.4 is 9.62 Å². The van der Waals surface area contributed by atoms with Crippen LogP contribution in [0.5, 0.6) is 0 Å². The molecule has 0 radical (unpaired) electrons. The normalized spacial score (nSPS) is 12.1. The fourth-order valence-electron chi connectivity index (χ4n) is 5.01. The largest absolute Gasteiger partial charge is 0.354 e. The Bertz CT molecular complexity index is 1760. The summed E-state index contributed by atoms with van der Waals surface area (Å²) in [4.78, 5) is 30.0. The third-order valence-corrected chi connectivity index (χ3v) is 9.77. The number of rotatable bonds is 13. The molecule has 242 valence electrons. The van der Waals surface area contributed by atoms with Crippen LogP contribution in [-0.4, -0.2) is 44.3 Å². The van der Waals surface area contributed by atoms with Gasteiger partial charge in [0.15, 0.2) is 0 Å². The van der Waals surface area contributed by atoms with Gasteiger partial charge in [-0.15, -0.1) is 0 Å². The molecule has 1 atom stereocenters. The maximum Gasteiger partial charge on any atom is 0.264 e. The van der Waals surface area contributed by atoms with Crippen LogP contribution in [-0.2, 0) is 32.6 Å². The quantitative estimate of drug-likeness (QED) is 0.162. The molecule has 10 heteroatoms. The molecule has 4 aromatic rings. The summed E-state index contributed by atoms with van der Waals surface area (Å²) in [6.45, 7) is 7.47. The third kappa shape index (κ3) is 9.12. The number of sulfonamides is 1. The molecule has 0 saturated heterocycles. The second-order valence-corrected chi connectivity index (χ2v) is 14.5. The summed E-state index contributed by atoms with van der Waals surface area (Å²) in [6, 6.07) is 26.9. The number of hydrogen-bond acceptors (Lipinski definition) is 4. The molecule has 1 unspecified atom stereocenters. The van der Waals surface area contributed by atoms with Crippen molar-refractivity contribution in [2.75, 3.05) is 17.4 Å². The molecule has 7 nitrogen and oxygen atoms in total. The fourth-order valence-corrected chi connectivity index (χ4v) is 6.86. The Morgan fingerprint density at radius 3 is 2.11 bits per heavy atom. The van der Waals surface area contributed by atoms with E-state index in [1.165, 1.54) is 23.1 Å². The second-order valence-electron chi connectivity index (χ2n) is 11.8. The minimum absolute atomic E-state index is 0.0267. The number of carbonyl (C=O) groups is 2. The molecule has 0 aliphatic carbocycles. The van der Waals surface area contributed by atoms with Gasteiger partial charge in [0.25, 0.3) is 10.0 Å². The van der Waals surface area contributed by atoms with E-state index in [2.05, 4.69) is 5.32 Å². The van der Waals surface area contributed by atoms with E-state index in [4.69, 9.17) is 23.2 Å². The predicted octanol–water partition coefficient (Wildman–Crippen LogP) is 7.22. The van der Waals surface area contributed by atoms with Crippen LogP contribution in [0.15, 0.2) is 102 Å². The topological polar surface area (TPSA) is 86.8 Å². The minimum Gasteiger partial charge on any atom is -0.354 e. The molecule has 0 fully saturated rings. The van der Waals surface area contributed by atoms with Crippen molar-refractivity contribution in [1.82, 2.24) is 10.2 Å². The molecule has 4 aromatic carbocycles. The Morgan fingerprint density at radius 2 is 1.46 bits per heavy atom. The molecule has 1 N–H and O–H groups in total. The Morgan fingerprint density at radius 1 is 0.804 bits per heavy atom. The number of nitrogens with one attached hydrogen (secondary N) is 1. The summed E-state index contributed by atoms with van der Waals surface area (Å²) in [6.07, 6.45) is 0.220. The van der Waals surface area contributed by atoms with Crippen LogP contribution in [0.4, 0.5) is 5.69 Å². The summed E-state index contributed by atoms with van der Waals surface area (Å²) < 4.78 is 29.6. The summed E-state index contributed by atoms with van der Waals surface area (Å²) in [5.41, 5.74) is 3.33. The number of hydrogen-bond donors (Lipinski definition) is 1. The average Bonchev–Trinajstić information content (AvgIpc) is 3.02. The van der Waals surface area contributed by atoms with E-state index in [0.29, 0.717) is 27.7 Å². The lowest BCUT2D eigenvalue weighted by molar-refractivity contribution is -0.140. The molecule has 0 spiro atoms. The van der Waals surface area contributed by atoms with Gasteiger partial charge in [0.2, 0.25) is 11.8 Å². The standard InChI is InChI=1S/C36H39Cl2N3O4S/c1-25(2)22-39-36(43)34(20-28-9-6-5-7-10-28)40(23-29-11-8-12-30(37)19-29)35(42)24-41(33-21-31(38)16-15-27(33)4)46(44,45)32-17-13-26(3)14-18-32/h5-19,21,25,34H,20,22-24H2,1-4H3,(H,39,43). The van der Waals surface area contributed by atoms with Gasteiger partial charge in [0.05, 0.1) is 10.6 Å². The van der Waals surface area contributed by atoms with Crippen molar-refractivity contribution < 1.29 is 18.0 Å². The van der Waals surface area contributed by atoms with Gasteiger partial charge in [0.1, 0.15) is 12.6 Å². The first-order valence-corrected chi connectivity index (χ1v) is 17.3. The molecule has 0 heterocycles. The van der Waals surface area contributed by atoms with Crippen LogP contribution in [0.2, 0.25) is 10.0 Å². The molecule has 0 aliphatic heterocycles. The third-order valence-electron chi connectivity index (χ3n) is 7.53. The highest BCUT2D eigenvalue weighted by molar-refractivity contribution is 7.92. The first kappa shape index (κ1) is 35.0. The van der Waals surface area contributed by atoms with Gasteiger partial charge in [-0.05, 0) is 72.9 Å². The lowest BCUT2D eigenvalue weighted by Crippen LogP contribution is -2.53. The first-order chi connectivity index (χ1) is 21.8. The number of halogens is 2. The van der Waals surface area contributed by atoms with Crippen molar-refractivity contribution in [2.24, 2.45) is 5.92 Å². The fraction of sp³-hybridized carbons (Fsp3) is 0.278. The van der Waals surface area contributed by atoms with Crippen LogP contribution in [0.3, 0.4) is 0 Å². The number of aryl methyl sites for hydroxylation is 2. The lowest BCUT2D eigenvalue weighted by Gasteiger charge is -2.34. The van der Waals surface area contributed by atoms with Crippen molar-refractivity contribution in [3.63, 3.8) is 0 Å². The zero-order chi connectivity index (χ0) is 33.4. The molecular formula is C36H39Cl2N3O4S. The van der Waals surface area contributed by atoms with Crippen LogP contribution in [0.25, 0.3) is 0 Å². The maximum atomic E-state index is 14.6. The Balaban J connectivity index is 1.83. The van der Waals surface area contributed by atoms with Gasteiger partial charge in [-0.3, -0.25) is 13.9 Å². The molecule has 2 amide bonds. The van der Waals surface area contributed by atoms with E-state index in [9.17, 15) is 18.0 Å². The molecule has 0 saturated carbocycles. The number of anilines is 1. The molecule has 4 rings (SSSR count). The van der Waals surface area contributed by atoms with E-state index in [1.54, 1.807) is 49.4 Å². The van der Waals surface area contributed by atoms with Gasteiger partial charge in [0, 0.05) is 29.6 Å². The maximum absolute atomic E-state index is 14.6. The van der Waals surface area contributed by atoms with Gasteiger partial charge >= 0.3 is 0 Å². The van der Waals surface area contributed by atoms with E-state index in [-0.39, 0.29) is 35.4 Å². The summed E-state index contributed by atoms with van der Waals surface area (Å²) in [5.74, 6) is -0.713. The van der Waals surface area contributed by atoms with Gasteiger partial charge in [-0.2, -0.15) is 0 Å². The van der Waals surface area contributed by atoms with Crippen molar-refractivity contribution in [3.8, 4) is 0 Å². The van der Waals surface area contributed by atoms with Crippen LogP contribution >= 0.6 is 23.2 Å². The highest BCUT2D eigenvalue weighted by atomic mass is 35.5. The van der Waals surface area contributed by atoms with Crippen LogP contribution in [0.1, 0.15) is 36.1 Å². The Hall–Kier alpha value is -3.85. The van der Waals surface area contributed by atoms with E-state index in [1.807, 2.05) is 57.2 Å². The summed E-state index contributed by atoms with van der Waals surface area (Å²) in [7, 11) is -4.24. The highest BCUT2D eigenvalue weighted by Crippen LogP contribution is 2.30. The average molecular weight is 681 g/mol. The van der Waals surface area contributed by atoms with Crippen LogP contribution in [0, 0.1) is 19.8 Å². The van der Waals surface area contributed by atoms with Gasteiger partial charge in [-0.25, -0.2) is 8.42 Å². The van der Waals surface area contributed by atoms with Crippen molar-refractivity contribution in [2.45, 2.75) is 51.6 Å². The second kappa shape index (κ2) is 15.6. The van der Waals surface area contributed by atoms with Gasteiger partial charge in [-0.1, -0.05) is 103 Å². The van der Waals surface area contributed by atoms with Crippen molar-refractivity contribution in [3.05, 3.63) is 129 Å². The number of carbonyl (C=O) groups excluding carboxylic acids is 2. The number of amides is 2. The van der Waals surface area contributed by atoms with Crippen molar-refractivity contribution in [1.29, 1.82) is 0 Å². The minimum atomic E-state index is -4.24. The summed E-state index contributed by atoms with van der Waals surface area (Å²) in [5, 5.41) is 3.79. The summed E-state index contributed by atoms with van der Waals surface area (Å²) >= 11 is 12.7. The van der Waals surface area contributed by atoms with Gasteiger partial charge < -0.3 is 10.2 Å². The Labute approximate surface area is 282 Å². The SMILES string of the molecule is Cc1ccc(S(=O)(=O)N(CC(=O)N(Cc2cccc(Cl)c2)C(Cc2ccccc2)C(=O)NCC(C)C)c2cc(Cl)ccc2C)cc1. The monoisotopic (exact) mass is 679 g/mol. The predicted molar refractivity (Wildman–Crippen MR) is 186 cm³/mol. The molecule has 46 heavy (non-hydrogen) atoms. The highest BCUT2D eigenvalue weighted by Gasteiger charge is 2.35. The first-order valence-electron chi connectivity index (χ1n) is 15.1.